The maximum absolute atomic E-state index is 8.93. The summed E-state index contributed by atoms with van der Waals surface area (Å²) in [6.07, 6.45) is 1.32. The minimum absolute atomic E-state index is 0.337. The second-order valence-corrected chi connectivity index (χ2v) is 3.66. The lowest BCUT2D eigenvalue weighted by molar-refractivity contribution is 0.456. The van der Waals surface area contributed by atoms with E-state index in [1.54, 1.807) is 31.2 Å². The minimum atomic E-state index is 0.337. The number of para-hydroxylation sites is 1. The van der Waals surface area contributed by atoms with Crippen LogP contribution >= 0.6 is 11.6 Å². The van der Waals surface area contributed by atoms with Crippen molar-refractivity contribution in [3.05, 3.63) is 46.9 Å². The van der Waals surface area contributed by atoms with Crippen LogP contribution in [0.25, 0.3) is 0 Å². The van der Waals surface area contributed by atoms with Gasteiger partial charge in [0.2, 0.25) is 5.88 Å². The van der Waals surface area contributed by atoms with Gasteiger partial charge in [0.1, 0.15) is 23.3 Å². The van der Waals surface area contributed by atoms with E-state index >= 15 is 0 Å². The van der Waals surface area contributed by atoms with Crippen molar-refractivity contribution < 1.29 is 4.74 Å². The van der Waals surface area contributed by atoms with Gasteiger partial charge in [0.05, 0.1) is 5.56 Å². The van der Waals surface area contributed by atoms with Gasteiger partial charge in [-0.2, -0.15) is 5.26 Å². The molecule has 0 saturated heterocycles. The summed E-state index contributed by atoms with van der Waals surface area (Å²) in [5, 5.41) is 9.27. The van der Waals surface area contributed by atoms with Crippen LogP contribution < -0.4 is 4.74 Å². The fourth-order valence-corrected chi connectivity index (χ4v) is 1.39. The van der Waals surface area contributed by atoms with Crippen molar-refractivity contribution in [1.29, 1.82) is 5.26 Å². The fraction of sp³-hybridized carbons (Fsp3) is 0.0833. The molecule has 1 aromatic carbocycles. The van der Waals surface area contributed by atoms with Gasteiger partial charge in [0.25, 0.3) is 0 Å². The first kappa shape index (κ1) is 11.4. The van der Waals surface area contributed by atoms with Crippen LogP contribution in [0.15, 0.2) is 30.6 Å². The Morgan fingerprint density at radius 2 is 2.06 bits per heavy atom. The van der Waals surface area contributed by atoms with Crippen LogP contribution in [0.3, 0.4) is 0 Å². The first-order chi connectivity index (χ1) is 8.22. The zero-order chi connectivity index (χ0) is 12.3. The number of halogens is 1. The average Bonchev–Trinajstić information content (AvgIpc) is 2.35. The molecule has 0 amide bonds. The summed E-state index contributed by atoms with van der Waals surface area (Å²) in [5.41, 5.74) is 1.09. The standard InChI is InChI=1S/C12H8ClN3O/c1-8-11(13)15-7-16-12(8)17-10-5-3-2-4-9(10)6-14/h2-5,7H,1H3. The SMILES string of the molecule is Cc1c(Cl)ncnc1Oc1ccccc1C#N. The van der Waals surface area contributed by atoms with Gasteiger partial charge >= 0.3 is 0 Å². The summed E-state index contributed by atoms with van der Waals surface area (Å²) < 4.78 is 5.55. The number of hydrogen-bond donors (Lipinski definition) is 0. The van der Waals surface area contributed by atoms with Gasteiger partial charge in [-0.25, -0.2) is 9.97 Å². The molecule has 0 aliphatic heterocycles. The molecule has 0 aliphatic rings. The summed E-state index contributed by atoms with van der Waals surface area (Å²) in [5.74, 6) is 0.806. The Morgan fingerprint density at radius 1 is 1.29 bits per heavy atom. The normalized spacial score (nSPS) is 9.71. The van der Waals surface area contributed by atoms with Crippen molar-refractivity contribution in [3.8, 4) is 17.7 Å². The summed E-state index contributed by atoms with van der Waals surface area (Å²) in [6, 6.07) is 8.98. The molecule has 2 rings (SSSR count). The molecule has 4 nitrogen and oxygen atoms in total. The molecule has 17 heavy (non-hydrogen) atoms. The minimum Gasteiger partial charge on any atom is -0.437 e. The Labute approximate surface area is 103 Å². The molecule has 0 spiro atoms. The topological polar surface area (TPSA) is 58.8 Å². The van der Waals surface area contributed by atoms with Crippen LogP contribution in [-0.2, 0) is 0 Å². The molecule has 5 heteroatoms. The first-order valence-corrected chi connectivity index (χ1v) is 5.24. The van der Waals surface area contributed by atoms with E-state index in [-0.39, 0.29) is 0 Å². The third kappa shape index (κ3) is 2.35. The van der Waals surface area contributed by atoms with E-state index in [2.05, 4.69) is 9.97 Å². The molecular formula is C12H8ClN3O. The summed E-state index contributed by atoms with van der Waals surface area (Å²) >= 11 is 5.86. The quantitative estimate of drug-likeness (QED) is 0.763. The number of benzene rings is 1. The van der Waals surface area contributed by atoms with Crippen molar-refractivity contribution >= 4 is 11.6 Å². The molecular weight excluding hydrogens is 238 g/mol. The second-order valence-electron chi connectivity index (χ2n) is 3.30. The van der Waals surface area contributed by atoms with Gasteiger partial charge in [0, 0.05) is 5.56 Å². The Morgan fingerprint density at radius 3 is 2.82 bits per heavy atom. The van der Waals surface area contributed by atoms with E-state index in [4.69, 9.17) is 21.6 Å². The maximum atomic E-state index is 8.93. The van der Waals surface area contributed by atoms with Crippen molar-refractivity contribution in [2.45, 2.75) is 6.92 Å². The highest BCUT2D eigenvalue weighted by molar-refractivity contribution is 6.30. The Hall–Kier alpha value is -2.12. The van der Waals surface area contributed by atoms with Crippen molar-refractivity contribution in [2.24, 2.45) is 0 Å². The molecule has 1 aromatic heterocycles. The summed E-state index contributed by atoms with van der Waals surface area (Å²) in [4.78, 5) is 7.82. The molecule has 0 atom stereocenters. The molecule has 0 bridgehead atoms. The van der Waals surface area contributed by atoms with Gasteiger partial charge in [-0.05, 0) is 19.1 Å². The highest BCUT2D eigenvalue weighted by atomic mass is 35.5. The molecule has 0 radical (unpaired) electrons. The zero-order valence-corrected chi connectivity index (χ0v) is 9.77. The maximum Gasteiger partial charge on any atom is 0.226 e. The molecule has 1 heterocycles. The van der Waals surface area contributed by atoms with Crippen LogP contribution in [0.4, 0.5) is 0 Å². The van der Waals surface area contributed by atoms with Gasteiger partial charge < -0.3 is 4.74 Å². The average molecular weight is 246 g/mol. The highest BCUT2D eigenvalue weighted by Crippen LogP contribution is 2.27. The van der Waals surface area contributed by atoms with Crippen LogP contribution in [0.5, 0.6) is 11.6 Å². The lowest BCUT2D eigenvalue weighted by Crippen LogP contribution is -1.95. The number of rotatable bonds is 2. The van der Waals surface area contributed by atoms with E-state index in [1.807, 2.05) is 6.07 Å². The van der Waals surface area contributed by atoms with E-state index in [0.29, 0.717) is 27.9 Å². The molecule has 2 aromatic rings. The number of aromatic nitrogens is 2. The van der Waals surface area contributed by atoms with Crippen LogP contribution in [0.1, 0.15) is 11.1 Å². The van der Waals surface area contributed by atoms with E-state index in [0.717, 1.165) is 0 Å². The third-order valence-corrected chi connectivity index (χ3v) is 2.57. The number of hydrogen-bond acceptors (Lipinski definition) is 4. The largest absolute Gasteiger partial charge is 0.437 e. The van der Waals surface area contributed by atoms with Gasteiger partial charge in [-0.3, -0.25) is 0 Å². The van der Waals surface area contributed by atoms with Crippen LogP contribution in [0, 0.1) is 18.3 Å². The van der Waals surface area contributed by atoms with E-state index in [1.165, 1.54) is 6.33 Å². The van der Waals surface area contributed by atoms with Gasteiger partial charge in [-0.1, -0.05) is 23.7 Å². The zero-order valence-electron chi connectivity index (χ0n) is 9.01. The molecule has 0 unspecified atom stereocenters. The summed E-state index contributed by atoms with van der Waals surface area (Å²) in [6.45, 7) is 1.76. The Bertz CT molecular complexity index is 593. The fourth-order valence-electron chi connectivity index (χ4n) is 1.27. The van der Waals surface area contributed by atoms with Gasteiger partial charge in [-0.15, -0.1) is 0 Å². The van der Waals surface area contributed by atoms with Crippen molar-refractivity contribution in [2.75, 3.05) is 0 Å². The second kappa shape index (κ2) is 4.81. The van der Waals surface area contributed by atoms with E-state index in [9.17, 15) is 0 Å². The predicted molar refractivity (Wildman–Crippen MR) is 63.0 cm³/mol. The number of nitriles is 1. The number of nitrogens with zero attached hydrogens (tertiary/aromatic N) is 3. The first-order valence-electron chi connectivity index (χ1n) is 4.86. The lowest BCUT2D eigenvalue weighted by Gasteiger charge is -2.08. The lowest BCUT2D eigenvalue weighted by atomic mass is 10.2. The molecule has 0 N–H and O–H groups in total. The Balaban J connectivity index is 2.39. The molecule has 0 fully saturated rings. The molecule has 84 valence electrons. The summed E-state index contributed by atoms with van der Waals surface area (Å²) in [7, 11) is 0. The number of ether oxygens (including phenoxy) is 1. The molecule has 0 saturated carbocycles. The van der Waals surface area contributed by atoms with E-state index < -0.39 is 0 Å². The van der Waals surface area contributed by atoms with Gasteiger partial charge in [0.15, 0.2) is 0 Å². The smallest absolute Gasteiger partial charge is 0.226 e. The van der Waals surface area contributed by atoms with Crippen LogP contribution in [-0.4, -0.2) is 9.97 Å². The Kier molecular flexibility index (Phi) is 3.22. The predicted octanol–water partition coefficient (Wildman–Crippen LogP) is 3.10. The van der Waals surface area contributed by atoms with Crippen molar-refractivity contribution in [1.82, 2.24) is 9.97 Å². The monoisotopic (exact) mass is 245 g/mol. The van der Waals surface area contributed by atoms with Crippen molar-refractivity contribution in [3.63, 3.8) is 0 Å². The molecule has 0 aliphatic carbocycles. The highest BCUT2D eigenvalue weighted by Gasteiger charge is 2.09. The third-order valence-electron chi connectivity index (χ3n) is 2.19. The van der Waals surface area contributed by atoms with Crippen LogP contribution in [0.2, 0.25) is 5.15 Å².